The quantitative estimate of drug-likeness (QED) is 0.542. The average molecular weight is 376 g/mol. The summed E-state index contributed by atoms with van der Waals surface area (Å²) in [6.07, 6.45) is 0. The Morgan fingerprint density at radius 2 is 2.08 bits per heavy atom. The Morgan fingerprint density at radius 1 is 1.23 bits per heavy atom. The number of hydrogen-bond donors (Lipinski definition) is 3. The Balaban J connectivity index is 1.46. The van der Waals surface area contributed by atoms with Crippen LogP contribution >= 0.6 is 11.6 Å². The molecule has 2 heterocycles. The van der Waals surface area contributed by atoms with Crippen molar-refractivity contribution in [2.75, 3.05) is 18.8 Å². The predicted octanol–water partition coefficient (Wildman–Crippen LogP) is 2.39. The van der Waals surface area contributed by atoms with Crippen LogP contribution in [0.3, 0.4) is 0 Å². The van der Waals surface area contributed by atoms with E-state index in [9.17, 15) is 4.79 Å². The van der Waals surface area contributed by atoms with E-state index in [0.29, 0.717) is 24.7 Å². The molecule has 0 aliphatic heterocycles. The first kappa shape index (κ1) is 18.0. The van der Waals surface area contributed by atoms with Gasteiger partial charge in [0.15, 0.2) is 0 Å². The average Bonchev–Trinajstić information content (AvgIpc) is 3.26. The van der Waals surface area contributed by atoms with Gasteiger partial charge in [-0.3, -0.25) is 4.79 Å². The summed E-state index contributed by atoms with van der Waals surface area (Å²) < 4.78 is 10.2. The third-order valence-electron chi connectivity index (χ3n) is 3.81. The topological polar surface area (TPSA) is 119 Å². The van der Waals surface area contributed by atoms with Crippen molar-refractivity contribution in [3.8, 4) is 11.3 Å². The summed E-state index contributed by atoms with van der Waals surface area (Å²) in [5.74, 6) is 1.09. The van der Waals surface area contributed by atoms with Crippen LogP contribution in [0.5, 0.6) is 0 Å². The number of aromatic nitrogens is 2. The standard InChI is InChI=1S/C17H18ClN5O3/c1-10-12(3-2-4-13(10)18)14-6-5-11(25-14)9-20-7-8-21-17(24)15-16(19)23-26-22-15/h2-6,20H,7-9H2,1H3,(H2,19,23)(H,21,24). The predicted molar refractivity (Wildman–Crippen MR) is 96.6 cm³/mol. The summed E-state index contributed by atoms with van der Waals surface area (Å²) in [5, 5.41) is 13.4. The number of nitrogen functional groups attached to an aromatic ring is 1. The molecule has 3 rings (SSSR count). The van der Waals surface area contributed by atoms with Crippen LogP contribution in [0.25, 0.3) is 11.3 Å². The Bertz CT molecular complexity index is 905. The molecule has 0 unspecified atom stereocenters. The zero-order chi connectivity index (χ0) is 18.5. The maximum atomic E-state index is 11.8. The van der Waals surface area contributed by atoms with E-state index < -0.39 is 5.91 Å². The maximum absolute atomic E-state index is 11.8. The normalized spacial score (nSPS) is 10.8. The molecule has 0 spiro atoms. The summed E-state index contributed by atoms with van der Waals surface area (Å²) >= 11 is 6.15. The van der Waals surface area contributed by atoms with Gasteiger partial charge in [0.2, 0.25) is 11.5 Å². The minimum Gasteiger partial charge on any atom is -0.460 e. The molecule has 0 saturated carbocycles. The number of nitrogens with one attached hydrogen (secondary N) is 2. The number of carbonyl (C=O) groups excluding carboxylic acids is 1. The van der Waals surface area contributed by atoms with Crippen molar-refractivity contribution in [3.63, 3.8) is 0 Å². The van der Waals surface area contributed by atoms with Crippen LogP contribution in [0.1, 0.15) is 21.8 Å². The fourth-order valence-electron chi connectivity index (χ4n) is 2.40. The third-order valence-corrected chi connectivity index (χ3v) is 4.22. The van der Waals surface area contributed by atoms with Gasteiger partial charge in [-0.15, -0.1) is 0 Å². The van der Waals surface area contributed by atoms with Gasteiger partial charge in [0.05, 0.1) is 6.54 Å². The molecular weight excluding hydrogens is 358 g/mol. The molecule has 0 aliphatic carbocycles. The van der Waals surface area contributed by atoms with E-state index in [0.717, 1.165) is 22.6 Å². The smallest absolute Gasteiger partial charge is 0.277 e. The Morgan fingerprint density at radius 3 is 2.85 bits per heavy atom. The number of nitrogens with zero attached hydrogens (tertiary/aromatic N) is 2. The number of halogens is 1. The second kappa shape index (κ2) is 8.03. The van der Waals surface area contributed by atoms with Crippen molar-refractivity contribution in [2.45, 2.75) is 13.5 Å². The molecule has 2 aromatic heterocycles. The molecular formula is C17H18ClN5O3. The van der Waals surface area contributed by atoms with Crippen LogP contribution in [-0.2, 0) is 6.54 Å². The minimum atomic E-state index is -0.428. The molecule has 26 heavy (non-hydrogen) atoms. The second-order valence-electron chi connectivity index (χ2n) is 5.61. The van der Waals surface area contributed by atoms with Crippen LogP contribution < -0.4 is 16.4 Å². The van der Waals surface area contributed by atoms with Crippen molar-refractivity contribution in [1.29, 1.82) is 0 Å². The van der Waals surface area contributed by atoms with Gasteiger partial charge in [0, 0.05) is 23.7 Å². The molecule has 1 amide bonds. The van der Waals surface area contributed by atoms with Crippen molar-refractivity contribution in [3.05, 3.63) is 52.4 Å². The molecule has 1 aromatic carbocycles. The van der Waals surface area contributed by atoms with Crippen molar-refractivity contribution >= 4 is 23.3 Å². The van der Waals surface area contributed by atoms with E-state index in [1.54, 1.807) is 0 Å². The van der Waals surface area contributed by atoms with Gasteiger partial charge in [0.25, 0.3) is 5.91 Å². The highest BCUT2D eigenvalue weighted by Crippen LogP contribution is 2.29. The Labute approximate surface area is 154 Å². The van der Waals surface area contributed by atoms with Gasteiger partial charge in [-0.2, -0.15) is 0 Å². The summed E-state index contributed by atoms with van der Waals surface area (Å²) in [6.45, 7) is 3.43. The van der Waals surface area contributed by atoms with Crippen molar-refractivity contribution < 1.29 is 13.8 Å². The highest BCUT2D eigenvalue weighted by Gasteiger charge is 2.15. The van der Waals surface area contributed by atoms with Crippen LogP contribution in [0.15, 0.2) is 39.4 Å². The molecule has 0 radical (unpaired) electrons. The summed E-state index contributed by atoms with van der Waals surface area (Å²) in [4.78, 5) is 11.8. The number of carbonyl (C=O) groups is 1. The molecule has 3 aromatic rings. The monoisotopic (exact) mass is 375 g/mol. The lowest BCUT2D eigenvalue weighted by Crippen LogP contribution is -2.32. The van der Waals surface area contributed by atoms with Crippen LogP contribution in [0.4, 0.5) is 5.82 Å². The fraction of sp³-hybridized carbons (Fsp3) is 0.235. The van der Waals surface area contributed by atoms with E-state index in [1.807, 2.05) is 37.3 Å². The Kier molecular flexibility index (Phi) is 5.55. The number of furan rings is 1. The molecule has 0 fully saturated rings. The minimum absolute atomic E-state index is 0.0161. The molecule has 8 nitrogen and oxygen atoms in total. The lowest BCUT2D eigenvalue weighted by Gasteiger charge is -2.05. The summed E-state index contributed by atoms with van der Waals surface area (Å²) in [6, 6.07) is 9.53. The molecule has 136 valence electrons. The number of amides is 1. The molecule has 0 aliphatic rings. The van der Waals surface area contributed by atoms with Gasteiger partial charge in [0.1, 0.15) is 11.5 Å². The van der Waals surface area contributed by atoms with Crippen molar-refractivity contribution in [2.24, 2.45) is 0 Å². The molecule has 4 N–H and O–H groups in total. The van der Waals surface area contributed by atoms with Gasteiger partial charge >= 0.3 is 0 Å². The first-order valence-corrected chi connectivity index (χ1v) is 8.35. The fourth-order valence-corrected chi connectivity index (χ4v) is 2.58. The third kappa shape index (κ3) is 4.04. The first-order valence-electron chi connectivity index (χ1n) is 7.97. The lowest BCUT2D eigenvalue weighted by atomic mass is 10.1. The van der Waals surface area contributed by atoms with Crippen LogP contribution in [-0.4, -0.2) is 29.3 Å². The Hall–Kier alpha value is -2.84. The van der Waals surface area contributed by atoms with Crippen LogP contribution in [0.2, 0.25) is 5.02 Å². The van der Waals surface area contributed by atoms with E-state index in [4.69, 9.17) is 21.8 Å². The highest BCUT2D eigenvalue weighted by atomic mass is 35.5. The van der Waals surface area contributed by atoms with Gasteiger partial charge in [-0.25, -0.2) is 4.63 Å². The van der Waals surface area contributed by atoms with E-state index >= 15 is 0 Å². The van der Waals surface area contributed by atoms with E-state index in [1.165, 1.54) is 0 Å². The lowest BCUT2D eigenvalue weighted by molar-refractivity contribution is 0.0944. The zero-order valence-electron chi connectivity index (χ0n) is 14.1. The number of rotatable bonds is 7. The van der Waals surface area contributed by atoms with Crippen molar-refractivity contribution in [1.82, 2.24) is 20.9 Å². The number of anilines is 1. The first-order chi connectivity index (χ1) is 12.6. The SMILES string of the molecule is Cc1c(Cl)cccc1-c1ccc(CNCCNC(=O)c2nonc2N)o1. The number of benzene rings is 1. The summed E-state index contributed by atoms with van der Waals surface area (Å²) in [7, 11) is 0. The van der Waals surface area contributed by atoms with Gasteiger partial charge in [-0.1, -0.05) is 23.7 Å². The summed E-state index contributed by atoms with van der Waals surface area (Å²) in [5.41, 5.74) is 7.38. The molecule has 9 heteroatoms. The van der Waals surface area contributed by atoms with E-state index in [-0.39, 0.29) is 11.5 Å². The number of hydrogen-bond acceptors (Lipinski definition) is 7. The number of nitrogens with two attached hydrogens (primary N) is 1. The molecule has 0 saturated heterocycles. The largest absolute Gasteiger partial charge is 0.460 e. The van der Waals surface area contributed by atoms with Gasteiger partial charge in [-0.05, 0) is 41.0 Å². The highest BCUT2D eigenvalue weighted by molar-refractivity contribution is 6.31. The van der Waals surface area contributed by atoms with E-state index in [2.05, 4.69) is 25.6 Å². The second-order valence-corrected chi connectivity index (χ2v) is 6.02. The van der Waals surface area contributed by atoms with Gasteiger partial charge < -0.3 is 20.8 Å². The zero-order valence-corrected chi connectivity index (χ0v) is 14.8. The molecule has 0 bridgehead atoms. The maximum Gasteiger partial charge on any atom is 0.277 e. The van der Waals surface area contributed by atoms with Crippen LogP contribution in [0, 0.1) is 6.92 Å². The molecule has 0 atom stereocenters.